The molecule has 0 amide bonds. The smallest absolute Gasteiger partial charge is 0.335 e. The summed E-state index contributed by atoms with van der Waals surface area (Å²) in [4.78, 5) is 21.5. The molecule has 0 fully saturated rings. The van der Waals surface area contributed by atoms with Crippen LogP contribution in [0.15, 0.2) is 24.3 Å². The second-order valence-corrected chi connectivity index (χ2v) is 5.18. The third kappa shape index (κ3) is 4.75. The Labute approximate surface area is 111 Å². The number of thioether (sulfide) groups is 1. The number of rotatable bonds is 5. The third-order valence-electron chi connectivity index (χ3n) is 2.38. The average Bonchev–Trinajstić information content (AvgIpc) is 2.27. The van der Waals surface area contributed by atoms with E-state index in [4.69, 9.17) is 5.11 Å². The molecule has 0 saturated heterocycles. The van der Waals surface area contributed by atoms with Gasteiger partial charge in [0.25, 0.3) is 0 Å². The van der Waals surface area contributed by atoms with Crippen LogP contribution in [0.5, 0.6) is 0 Å². The van der Waals surface area contributed by atoms with Crippen LogP contribution >= 0.6 is 11.8 Å². The van der Waals surface area contributed by atoms with Crippen molar-refractivity contribution in [3.05, 3.63) is 41.0 Å². The van der Waals surface area contributed by atoms with E-state index in [1.54, 1.807) is 26.0 Å². The van der Waals surface area contributed by atoms with Gasteiger partial charge in [0.1, 0.15) is 0 Å². The molecule has 4 heteroatoms. The molecule has 1 aromatic rings. The topological polar surface area (TPSA) is 54.4 Å². The largest absolute Gasteiger partial charge is 0.478 e. The lowest BCUT2D eigenvalue weighted by atomic mass is 10.0. The number of carboxylic acids is 1. The van der Waals surface area contributed by atoms with Crippen molar-refractivity contribution in [2.24, 2.45) is 0 Å². The Morgan fingerprint density at radius 2 is 2.11 bits per heavy atom. The fourth-order valence-electron chi connectivity index (χ4n) is 1.52. The monoisotopic (exact) mass is 264 g/mol. The van der Waals surface area contributed by atoms with Gasteiger partial charge in [0.15, 0.2) is 5.12 Å². The molecule has 0 atom stereocenters. The van der Waals surface area contributed by atoms with Crippen molar-refractivity contribution >= 4 is 28.9 Å². The highest BCUT2D eigenvalue weighted by molar-refractivity contribution is 8.13. The van der Waals surface area contributed by atoms with Gasteiger partial charge in [-0.25, -0.2) is 4.79 Å². The van der Waals surface area contributed by atoms with Crippen molar-refractivity contribution in [2.75, 3.05) is 5.75 Å². The lowest BCUT2D eigenvalue weighted by molar-refractivity contribution is -0.109. The first-order valence-electron chi connectivity index (χ1n) is 5.64. The second kappa shape index (κ2) is 7.01. The van der Waals surface area contributed by atoms with Crippen LogP contribution in [-0.2, 0) is 4.79 Å². The molecule has 1 rings (SSSR count). The number of aryl methyl sites for hydroxylation is 1. The summed E-state index contributed by atoms with van der Waals surface area (Å²) in [6.45, 7) is 3.34. The lowest BCUT2D eigenvalue weighted by Crippen LogP contribution is -1.99. The van der Waals surface area contributed by atoms with E-state index in [1.165, 1.54) is 11.8 Å². The van der Waals surface area contributed by atoms with E-state index in [1.807, 2.05) is 18.2 Å². The van der Waals surface area contributed by atoms with Gasteiger partial charge in [-0.3, -0.25) is 4.79 Å². The van der Waals surface area contributed by atoms with Crippen LogP contribution in [0, 0.1) is 6.92 Å². The maximum atomic E-state index is 10.8. The predicted molar refractivity (Wildman–Crippen MR) is 74.9 cm³/mol. The van der Waals surface area contributed by atoms with E-state index < -0.39 is 5.97 Å². The van der Waals surface area contributed by atoms with Gasteiger partial charge in [0.2, 0.25) is 0 Å². The summed E-state index contributed by atoms with van der Waals surface area (Å²) in [5, 5.41) is 9.03. The van der Waals surface area contributed by atoms with Gasteiger partial charge in [-0.05, 0) is 30.5 Å². The van der Waals surface area contributed by atoms with Crippen molar-refractivity contribution in [3.8, 4) is 0 Å². The number of hydrogen-bond donors (Lipinski definition) is 1. The quantitative estimate of drug-likeness (QED) is 0.828. The molecule has 3 nitrogen and oxygen atoms in total. The molecule has 0 bridgehead atoms. The van der Waals surface area contributed by atoms with Crippen LogP contribution in [-0.4, -0.2) is 21.9 Å². The van der Waals surface area contributed by atoms with Crippen LogP contribution in [0.4, 0.5) is 0 Å². The molecule has 96 valence electrons. The summed E-state index contributed by atoms with van der Waals surface area (Å²) in [5.41, 5.74) is 2.06. The van der Waals surface area contributed by atoms with Gasteiger partial charge in [-0.1, -0.05) is 36.0 Å². The highest BCUT2D eigenvalue weighted by Crippen LogP contribution is 2.13. The van der Waals surface area contributed by atoms with Crippen molar-refractivity contribution in [3.63, 3.8) is 0 Å². The van der Waals surface area contributed by atoms with Crippen molar-refractivity contribution in [1.29, 1.82) is 0 Å². The molecule has 0 aliphatic carbocycles. The summed E-state index contributed by atoms with van der Waals surface area (Å²) < 4.78 is 0. The number of benzene rings is 1. The van der Waals surface area contributed by atoms with E-state index in [-0.39, 0.29) is 5.12 Å². The number of carbonyl (C=O) groups is 2. The van der Waals surface area contributed by atoms with E-state index in [0.717, 1.165) is 23.3 Å². The standard InChI is InChI=1S/C14H16O3S/c1-10-9-12(6-7-13(10)14(16)17)5-3-4-8-18-11(2)15/h3,5-7,9H,4,8H2,1-2H3,(H,16,17). The molecule has 18 heavy (non-hydrogen) atoms. The zero-order valence-corrected chi connectivity index (χ0v) is 11.3. The molecule has 0 aliphatic rings. The van der Waals surface area contributed by atoms with Gasteiger partial charge >= 0.3 is 5.97 Å². The third-order valence-corrected chi connectivity index (χ3v) is 3.23. The van der Waals surface area contributed by atoms with E-state index in [2.05, 4.69) is 0 Å². The number of hydrogen-bond acceptors (Lipinski definition) is 3. The van der Waals surface area contributed by atoms with Crippen LogP contribution in [0.2, 0.25) is 0 Å². The molecule has 0 radical (unpaired) electrons. The summed E-state index contributed by atoms with van der Waals surface area (Å²) in [7, 11) is 0. The Kier molecular flexibility index (Phi) is 5.65. The van der Waals surface area contributed by atoms with Crippen LogP contribution < -0.4 is 0 Å². The molecule has 0 aromatic heterocycles. The number of carboxylic acid groups (broad SMARTS) is 1. The molecule has 1 aromatic carbocycles. The molecule has 0 aliphatic heterocycles. The lowest BCUT2D eigenvalue weighted by Gasteiger charge is -2.01. The Balaban J connectivity index is 2.58. The molecule has 0 unspecified atom stereocenters. The number of aromatic carboxylic acids is 1. The zero-order chi connectivity index (χ0) is 13.5. The molecule has 1 N–H and O–H groups in total. The Morgan fingerprint density at radius 3 is 2.67 bits per heavy atom. The first-order chi connectivity index (χ1) is 8.50. The number of allylic oxidation sites excluding steroid dienone is 1. The van der Waals surface area contributed by atoms with E-state index in [9.17, 15) is 9.59 Å². The SMILES string of the molecule is CC(=O)SCCC=Cc1ccc(C(=O)O)c(C)c1. The van der Waals surface area contributed by atoms with Gasteiger partial charge < -0.3 is 5.11 Å². The van der Waals surface area contributed by atoms with Gasteiger partial charge in [0, 0.05) is 12.7 Å². The van der Waals surface area contributed by atoms with Crippen LogP contribution in [0.3, 0.4) is 0 Å². The highest BCUT2D eigenvalue weighted by Gasteiger charge is 2.05. The Hall–Kier alpha value is -1.55. The fraction of sp³-hybridized carbons (Fsp3) is 0.286. The first kappa shape index (κ1) is 14.5. The minimum Gasteiger partial charge on any atom is -0.478 e. The minimum absolute atomic E-state index is 0.130. The molecule has 0 saturated carbocycles. The maximum absolute atomic E-state index is 10.8. The zero-order valence-electron chi connectivity index (χ0n) is 10.5. The Morgan fingerprint density at radius 1 is 1.39 bits per heavy atom. The summed E-state index contributed by atoms with van der Waals surface area (Å²) in [6.07, 6.45) is 4.76. The minimum atomic E-state index is -0.902. The molecular weight excluding hydrogens is 248 g/mol. The van der Waals surface area contributed by atoms with E-state index in [0.29, 0.717) is 5.56 Å². The number of carbonyl (C=O) groups excluding carboxylic acids is 1. The predicted octanol–water partition coefficient (Wildman–Crippen LogP) is 3.38. The van der Waals surface area contributed by atoms with Gasteiger partial charge in [-0.2, -0.15) is 0 Å². The Bertz CT molecular complexity index is 478. The van der Waals surface area contributed by atoms with E-state index >= 15 is 0 Å². The van der Waals surface area contributed by atoms with Gasteiger partial charge in [0.05, 0.1) is 5.56 Å². The first-order valence-corrected chi connectivity index (χ1v) is 6.63. The molecular formula is C14H16O3S. The van der Waals surface area contributed by atoms with Crippen molar-refractivity contribution in [2.45, 2.75) is 20.3 Å². The maximum Gasteiger partial charge on any atom is 0.335 e. The molecule has 0 spiro atoms. The van der Waals surface area contributed by atoms with Crippen LogP contribution in [0.1, 0.15) is 34.8 Å². The molecule has 0 heterocycles. The fourth-order valence-corrected chi connectivity index (χ4v) is 2.06. The van der Waals surface area contributed by atoms with Gasteiger partial charge in [-0.15, -0.1) is 0 Å². The normalized spacial score (nSPS) is 10.8. The summed E-state index contributed by atoms with van der Waals surface area (Å²) >= 11 is 1.31. The average molecular weight is 264 g/mol. The summed E-state index contributed by atoms with van der Waals surface area (Å²) in [5.74, 6) is -0.126. The summed E-state index contributed by atoms with van der Waals surface area (Å²) in [6, 6.07) is 5.24. The second-order valence-electron chi connectivity index (χ2n) is 3.91. The highest BCUT2D eigenvalue weighted by atomic mass is 32.2. The van der Waals surface area contributed by atoms with Crippen LogP contribution in [0.25, 0.3) is 6.08 Å². The van der Waals surface area contributed by atoms with Crippen molar-refractivity contribution in [1.82, 2.24) is 0 Å². The van der Waals surface area contributed by atoms with Crippen molar-refractivity contribution < 1.29 is 14.7 Å².